The first-order valence-electron chi connectivity index (χ1n) is 6.72. The third-order valence-corrected chi connectivity index (χ3v) is 4.22. The third-order valence-electron chi connectivity index (χ3n) is 3.48. The lowest BCUT2D eigenvalue weighted by atomic mass is 9.97. The third kappa shape index (κ3) is 4.59. The molecule has 2 rings (SSSR count). The standard InChI is InChI=1S/C14H17Cl2N3O2/c15-11-4-3-10(6-12(11)16)18-13(20)8-19-5-1-2-9(7-19)14(17)21/h3-4,6,9H,1-2,5,7-8H2,(H2,17,21)(H,18,20)/t9-/m0/s1. The number of rotatable bonds is 4. The van der Waals surface area contributed by atoms with E-state index < -0.39 is 0 Å². The first-order valence-corrected chi connectivity index (χ1v) is 7.48. The number of piperidine rings is 1. The van der Waals surface area contributed by atoms with Gasteiger partial charge < -0.3 is 11.1 Å². The molecule has 7 heteroatoms. The molecule has 0 bridgehead atoms. The molecule has 3 N–H and O–H groups in total. The van der Waals surface area contributed by atoms with Crippen LogP contribution in [0, 0.1) is 5.92 Å². The predicted molar refractivity (Wildman–Crippen MR) is 83.5 cm³/mol. The minimum atomic E-state index is -0.301. The maximum Gasteiger partial charge on any atom is 0.238 e. The van der Waals surface area contributed by atoms with Crippen molar-refractivity contribution in [2.75, 3.05) is 25.0 Å². The Hall–Kier alpha value is -1.30. The van der Waals surface area contributed by atoms with Gasteiger partial charge in [-0.15, -0.1) is 0 Å². The molecule has 0 radical (unpaired) electrons. The van der Waals surface area contributed by atoms with Crippen LogP contribution in [-0.4, -0.2) is 36.3 Å². The molecule has 1 aromatic rings. The second kappa shape index (κ2) is 7.11. The van der Waals surface area contributed by atoms with Crippen molar-refractivity contribution in [3.8, 4) is 0 Å². The van der Waals surface area contributed by atoms with Crippen LogP contribution in [0.4, 0.5) is 5.69 Å². The van der Waals surface area contributed by atoms with Gasteiger partial charge in [-0.25, -0.2) is 0 Å². The lowest BCUT2D eigenvalue weighted by Crippen LogP contribution is -2.44. The number of halogens is 2. The predicted octanol–water partition coefficient (Wildman–Crippen LogP) is 2.13. The summed E-state index contributed by atoms with van der Waals surface area (Å²) in [5.74, 6) is -0.625. The van der Waals surface area contributed by atoms with Crippen molar-refractivity contribution >= 4 is 40.7 Å². The molecule has 0 spiro atoms. The number of primary amides is 1. The number of carbonyl (C=O) groups excluding carboxylic acids is 2. The molecular formula is C14H17Cl2N3O2. The van der Waals surface area contributed by atoms with Crippen LogP contribution in [0.5, 0.6) is 0 Å². The fourth-order valence-corrected chi connectivity index (χ4v) is 2.71. The summed E-state index contributed by atoms with van der Waals surface area (Å²) >= 11 is 11.7. The van der Waals surface area contributed by atoms with E-state index in [0.717, 1.165) is 19.4 Å². The van der Waals surface area contributed by atoms with Gasteiger partial charge in [-0.3, -0.25) is 14.5 Å². The van der Waals surface area contributed by atoms with E-state index in [2.05, 4.69) is 5.32 Å². The molecule has 0 aromatic heterocycles. The lowest BCUT2D eigenvalue weighted by Gasteiger charge is -2.30. The van der Waals surface area contributed by atoms with Gasteiger partial charge >= 0.3 is 0 Å². The number of amides is 2. The number of nitrogens with zero attached hydrogens (tertiary/aromatic N) is 1. The molecule has 1 atom stereocenters. The maximum atomic E-state index is 12.0. The molecule has 1 heterocycles. The molecule has 0 saturated carbocycles. The Morgan fingerprint density at radius 3 is 2.76 bits per heavy atom. The van der Waals surface area contributed by atoms with Crippen molar-refractivity contribution in [3.63, 3.8) is 0 Å². The Bertz CT molecular complexity index is 551. The van der Waals surface area contributed by atoms with E-state index >= 15 is 0 Å². The lowest BCUT2D eigenvalue weighted by molar-refractivity contribution is -0.125. The first-order chi connectivity index (χ1) is 9.95. The molecule has 21 heavy (non-hydrogen) atoms. The highest BCUT2D eigenvalue weighted by atomic mass is 35.5. The number of nitrogens with two attached hydrogens (primary N) is 1. The van der Waals surface area contributed by atoms with Gasteiger partial charge in [0.2, 0.25) is 11.8 Å². The molecule has 1 aromatic carbocycles. The highest BCUT2D eigenvalue weighted by Crippen LogP contribution is 2.25. The fraction of sp³-hybridized carbons (Fsp3) is 0.429. The van der Waals surface area contributed by atoms with Crippen molar-refractivity contribution in [2.24, 2.45) is 11.7 Å². The summed E-state index contributed by atoms with van der Waals surface area (Å²) in [4.78, 5) is 25.2. The van der Waals surface area contributed by atoms with Crippen LogP contribution in [0.1, 0.15) is 12.8 Å². The highest BCUT2D eigenvalue weighted by molar-refractivity contribution is 6.42. The average Bonchev–Trinajstić information content (AvgIpc) is 2.43. The molecule has 0 aliphatic carbocycles. The van der Waals surface area contributed by atoms with Gasteiger partial charge in [0.05, 0.1) is 22.5 Å². The van der Waals surface area contributed by atoms with Crippen LogP contribution < -0.4 is 11.1 Å². The van der Waals surface area contributed by atoms with Gasteiger partial charge in [0.15, 0.2) is 0 Å². The number of nitrogens with one attached hydrogen (secondary N) is 1. The SMILES string of the molecule is NC(=O)[C@H]1CCCN(CC(=O)Nc2ccc(Cl)c(Cl)c2)C1. The summed E-state index contributed by atoms with van der Waals surface area (Å²) in [6.07, 6.45) is 1.66. The smallest absolute Gasteiger partial charge is 0.238 e. The zero-order chi connectivity index (χ0) is 15.4. The Balaban J connectivity index is 1.89. The molecule has 2 amide bonds. The molecule has 1 fully saturated rings. The number of benzene rings is 1. The normalized spacial score (nSPS) is 19.2. The molecule has 5 nitrogen and oxygen atoms in total. The zero-order valence-corrected chi connectivity index (χ0v) is 13.0. The highest BCUT2D eigenvalue weighted by Gasteiger charge is 2.25. The van der Waals surface area contributed by atoms with Crippen molar-refractivity contribution < 1.29 is 9.59 Å². The average molecular weight is 330 g/mol. The van der Waals surface area contributed by atoms with Gasteiger partial charge in [0.25, 0.3) is 0 Å². The Kier molecular flexibility index (Phi) is 5.45. The largest absolute Gasteiger partial charge is 0.369 e. The Morgan fingerprint density at radius 2 is 2.10 bits per heavy atom. The molecular weight excluding hydrogens is 313 g/mol. The van der Waals surface area contributed by atoms with Crippen molar-refractivity contribution in [3.05, 3.63) is 28.2 Å². The first kappa shape index (κ1) is 16.1. The Labute approximate surface area is 133 Å². The quantitative estimate of drug-likeness (QED) is 0.888. The van der Waals surface area contributed by atoms with Crippen molar-refractivity contribution in [1.82, 2.24) is 4.90 Å². The number of hydrogen-bond donors (Lipinski definition) is 2. The van der Waals surface area contributed by atoms with Crippen LogP contribution in [0.25, 0.3) is 0 Å². The summed E-state index contributed by atoms with van der Waals surface area (Å²) in [6, 6.07) is 4.92. The van der Waals surface area contributed by atoms with Gasteiger partial charge in [0.1, 0.15) is 0 Å². The van der Waals surface area contributed by atoms with E-state index in [1.807, 2.05) is 4.90 Å². The van der Waals surface area contributed by atoms with Gasteiger partial charge in [0, 0.05) is 12.2 Å². The van der Waals surface area contributed by atoms with Gasteiger partial charge in [-0.1, -0.05) is 23.2 Å². The van der Waals surface area contributed by atoms with E-state index in [9.17, 15) is 9.59 Å². The topological polar surface area (TPSA) is 75.4 Å². The summed E-state index contributed by atoms with van der Waals surface area (Å²) in [7, 11) is 0. The van der Waals surface area contributed by atoms with Crippen LogP contribution in [0.15, 0.2) is 18.2 Å². The summed E-state index contributed by atoms with van der Waals surface area (Å²) < 4.78 is 0. The molecule has 0 unspecified atom stereocenters. The zero-order valence-electron chi connectivity index (χ0n) is 11.4. The second-order valence-corrected chi connectivity index (χ2v) is 5.97. The van der Waals surface area contributed by atoms with Crippen LogP contribution in [0.3, 0.4) is 0 Å². The fourth-order valence-electron chi connectivity index (χ4n) is 2.41. The van der Waals surface area contributed by atoms with E-state index in [4.69, 9.17) is 28.9 Å². The minimum absolute atomic E-state index is 0.154. The van der Waals surface area contributed by atoms with E-state index in [1.165, 1.54) is 0 Å². The molecule has 114 valence electrons. The van der Waals surface area contributed by atoms with Gasteiger partial charge in [-0.05, 0) is 37.6 Å². The number of hydrogen-bond acceptors (Lipinski definition) is 3. The summed E-state index contributed by atoms with van der Waals surface area (Å²) in [6.45, 7) is 1.55. The van der Waals surface area contributed by atoms with Crippen molar-refractivity contribution in [1.29, 1.82) is 0 Å². The van der Waals surface area contributed by atoms with E-state index in [0.29, 0.717) is 22.3 Å². The Morgan fingerprint density at radius 1 is 1.33 bits per heavy atom. The maximum absolute atomic E-state index is 12.0. The van der Waals surface area contributed by atoms with Crippen LogP contribution in [0.2, 0.25) is 10.0 Å². The molecule has 1 saturated heterocycles. The monoisotopic (exact) mass is 329 g/mol. The molecule has 1 aliphatic heterocycles. The number of likely N-dealkylation sites (tertiary alicyclic amines) is 1. The summed E-state index contributed by atoms with van der Waals surface area (Å²) in [5.41, 5.74) is 5.92. The molecule has 1 aliphatic rings. The van der Waals surface area contributed by atoms with Crippen LogP contribution in [-0.2, 0) is 9.59 Å². The summed E-state index contributed by atoms with van der Waals surface area (Å²) in [5, 5.41) is 3.59. The number of carbonyl (C=O) groups is 2. The number of anilines is 1. The van der Waals surface area contributed by atoms with Crippen molar-refractivity contribution in [2.45, 2.75) is 12.8 Å². The van der Waals surface area contributed by atoms with Crippen LogP contribution >= 0.6 is 23.2 Å². The van der Waals surface area contributed by atoms with E-state index in [-0.39, 0.29) is 24.3 Å². The van der Waals surface area contributed by atoms with Gasteiger partial charge in [-0.2, -0.15) is 0 Å². The minimum Gasteiger partial charge on any atom is -0.369 e. The second-order valence-electron chi connectivity index (χ2n) is 5.15. The van der Waals surface area contributed by atoms with E-state index in [1.54, 1.807) is 18.2 Å².